The van der Waals surface area contributed by atoms with Crippen LogP contribution in [0.1, 0.15) is 5.69 Å². The van der Waals surface area contributed by atoms with Crippen molar-refractivity contribution in [2.24, 2.45) is 5.73 Å². The Morgan fingerprint density at radius 2 is 2.00 bits per heavy atom. The third-order valence-electron chi connectivity index (χ3n) is 2.59. The van der Waals surface area contributed by atoms with Crippen molar-refractivity contribution >= 4 is 34.1 Å². The van der Waals surface area contributed by atoms with Crippen LogP contribution in [0.3, 0.4) is 0 Å². The summed E-state index contributed by atoms with van der Waals surface area (Å²) < 4.78 is 15.7. The molecule has 2 N–H and O–H groups in total. The zero-order valence-electron chi connectivity index (χ0n) is 8.73. The number of benzene rings is 1. The molecule has 86 valence electrons. The van der Waals surface area contributed by atoms with E-state index in [1.54, 1.807) is 4.57 Å². The van der Waals surface area contributed by atoms with Crippen LogP contribution in [0.5, 0.6) is 0 Å². The molecular formula is C11H11Cl2FN2. The maximum absolute atomic E-state index is 13.9. The minimum atomic E-state index is -0.442. The van der Waals surface area contributed by atoms with Crippen LogP contribution in [0, 0.1) is 12.7 Å². The standard InChI is InChI=1S/C11H11Cl2FN2/c1-6-4-7-8(12)5-9(13)10(14)11(7)16(6)3-2-15/h4-5H,2-3,15H2,1H3. The predicted molar refractivity (Wildman–Crippen MR) is 65.7 cm³/mol. The van der Waals surface area contributed by atoms with Crippen LogP contribution in [0.2, 0.25) is 10.0 Å². The van der Waals surface area contributed by atoms with Crippen molar-refractivity contribution < 1.29 is 4.39 Å². The lowest BCUT2D eigenvalue weighted by atomic mass is 10.2. The van der Waals surface area contributed by atoms with Gasteiger partial charge in [0.25, 0.3) is 0 Å². The number of aromatic nitrogens is 1. The lowest BCUT2D eigenvalue weighted by molar-refractivity contribution is 0.620. The normalized spacial score (nSPS) is 11.3. The molecule has 2 rings (SSSR count). The number of halogens is 3. The van der Waals surface area contributed by atoms with Gasteiger partial charge in [0, 0.05) is 24.2 Å². The SMILES string of the molecule is Cc1cc2c(Cl)cc(Cl)c(F)c2n1CCN. The number of rotatable bonds is 2. The molecule has 1 heterocycles. The van der Waals surface area contributed by atoms with E-state index < -0.39 is 5.82 Å². The molecule has 0 aliphatic carbocycles. The van der Waals surface area contributed by atoms with E-state index >= 15 is 0 Å². The molecule has 0 aliphatic heterocycles. The third-order valence-corrected chi connectivity index (χ3v) is 3.17. The molecule has 16 heavy (non-hydrogen) atoms. The maximum atomic E-state index is 13.9. The topological polar surface area (TPSA) is 30.9 Å². The first-order valence-electron chi connectivity index (χ1n) is 4.89. The van der Waals surface area contributed by atoms with Crippen molar-refractivity contribution in [3.05, 3.63) is 33.7 Å². The Kier molecular flexibility index (Phi) is 3.10. The lowest BCUT2D eigenvalue weighted by Gasteiger charge is -2.08. The molecule has 1 aromatic heterocycles. The van der Waals surface area contributed by atoms with Gasteiger partial charge in [-0.2, -0.15) is 0 Å². The van der Waals surface area contributed by atoms with Crippen molar-refractivity contribution in [3.8, 4) is 0 Å². The summed E-state index contributed by atoms with van der Waals surface area (Å²) in [6.45, 7) is 2.87. The number of hydrogen-bond acceptors (Lipinski definition) is 1. The highest BCUT2D eigenvalue weighted by atomic mass is 35.5. The van der Waals surface area contributed by atoms with E-state index in [2.05, 4.69) is 0 Å². The van der Waals surface area contributed by atoms with Gasteiger partial charge in [-0.3, -0.25) is 0 Å². The fraction of sp³-hybridized carbons (Fsp3) is 0.273. The van der Waals surface area contributed by atoms with Crippen molar-refractivity contribution in [1.29, 1.82) is 0 Å². The molecule has 0 unspecified atom stereocenters. The van der Waals surface area contributed by atoms with Crippen LogP contribution in [-0.2, 0) is 6.54 Å². The Morgan fingerprint density at radius 3 is 2.62 bits per heavy atom. The second kappa shape index (κ2) is 4.24. The number of aryl methyl sites for hydroxylation is 1. The Bertz CT molecular complexity index is 549. The summed E-state index contributed by atoms with van der Waals surface area (Å²) in [5.41, 5.74) is 6.85. The second-order valence-electron chi connectivity index (χ2n) is 3.64. The van der Waals surface area contributed by atoms with Gasteiger partial charge < -0.3 is 10.3 Å². The van der Waals surface area contributed by atoms with Gasteiger partial charge in [-0.05, 0) is 19.1 Å². The highest BCUT2D eigenvalue weighted by Crippen LogP contribution is 2.33. The first-order chi connectivity index (χ1) is 7.56. The van der Waals surface area contributed by atoms with E-state index in [-0.39, 0.29) is 5.02 Å². The summed E-state index contributed by atoms with van der Waals surface area (Å²) in [5, 5.41) is 1.17. The average Bonchev–Trinajstić information content (AvgIpc) is 2.55. The molecule has 0 amide bonds. The number of nitrogens with zero attached hydrogens (tertiary/aromatic N) is 1. The van der Waals surface area contributed by atoms with Crippen LogP contribution in [0.4, 0.5) is 4.39 Å². The molecule has 0 saturated heterocycles. The lowest BCUT2D eigenvalue weighted by Crippen LogP contribution is -2.11. The van der Waals surface area contributed by atoms with Gasteiger partial charge in [-0.1, -0.05) is 23.2 Å². The Morgan fingerprint density at radius 1 is 1.31 bits per heavy atom. The largest absolute Gasteiger partial charge is 0.341 e. The maximum Gasteiger partial charge on any atom is 0.166 e. The third kappa shape index (κ3) is 1.69. The van der Waals surface area contributed by atoms with Crippen LogP contribution in [0.15, 0.2) is 12.1 Å². The van der Waals surface area contributed by atoms with Gasteiger partial charge in [0.1, 0.15) is 0 Å². The highest BCUT2D eigenvalue weighted by Gasteiger charge is 2.15. The average molecular weight is 261 g/mol. The summed E-state index contributed by atoms with van der Waals surface area (Å²) in [5.74, 6) is -0.442. The molecule has 0 aliphatic rings. The first kappa shape index (κ1) is 11.7. The Labute approximate surface area is 103 Å². The molecule has 0 radical (unpaired) electrons. The molecule has 0 atom stereocenters. The highest BCUT2D eigenvalue weighted by molar-refractivity contribution is 6.38. The molecule has 2 aromatic rings. The zero-order chi connectivity index (χ0) is 11.9. The van der Waals surface area contributed by atoms with Gasteiger partial charge in [-0.25, -0.2) is 4.39 Å². The smallest absolute Gasteiger partial charge is 0.166 e. The number of nitrogens with two attached hydrogens (primary N) is 1. The molecular weight excluding hydrogens is 250 g/mol. The fourth-order valence-corrected chi connectivity index (χ4v) is 2.39. The predicted octanol–water partition coefficient (Wildman–Crippen LogP) is 3.35. The van der Waals surface area contributed by atoms with Crippen LogP contribution in [0.25, 0.3) is 10.9 Å². The van der Waals surface area contributed by atoms with Gasteiger partial charge in [0.15, 0.2) is 5.82 Å². The summed E-state index contributed by atoms with van der Waals surface area (Å²) in [6.07, 6.45) is 0. The van der Waals surface area contributed by atoms with Gasteiger partial charge in [0.05, 0.1) is 15.6 Å². The fourth-order valence-electron chi connectivity index (χ4n) is 1.88. The number of fused-ring (bicyclic) bond motifs is 1. The zero-order valence-corrected chi connectivity index (χ0v) is 10.2. The molecule has 0 spiro atoms. The molecule has 0 fully saturated rings. The number of hydrogen-bond donors (Lipinski definition) is 1. The van der Waals surface area contributed by atoms with Crippen LogP contribution in [-0.4, -0.2) is 11.1 Å². The van der Waals surface area contributed by atoms with E-state index in [9.17, 15) is 4.39 Å². The minimum absolute atomic E-state index is 0.0360. The van der Waals surface area contributed by atoms with Crippen molar-refractivity contribution in [2.75, 3.05) is 6.54 Å². The summed E-state index contributed by atoms with van der Waals surface area (Å²) >= 11 is 11.8. The molecule has 1 aromatic carbocycles. The minimum Gasteiger partial charge on any atom is -0.341 e. The van der Waals surface area contributed by atoms with E-state index in [1.807, 2.05) is 13.0 Å². The second-order valence-corrected chi connectivity index (χ2v) is 4.46. The van der Waals surface area contributed by atoms with E-state index in [0.29, 0.717) is 29.0 Å². The van der Waals surface area contributed by atoms with Gasteiger partial charge in [0.2, 0.25) is 0 Å². The van der Waals surface area contributed by atoms with Crippen LogP contribution >= 0.6 is 23.2 Å². The molecule has 0 saturated carbocycles. The Balaban J connectivity index is 2.85. The van der Waals surface area contributed by atoms with Crippen molar-refractivity contribution in [2.45, 2.75) is 13.5 Å². The van der Waals surface area contributed by atoms with E-state index in [4.69, 9.17) is 28.9 Å². The van der Waals surface area contributed by atoms with E-state index in [1.165, 1.54) is 6.07 Å². The van der Waals surface area contributed by atoms with Gasteiger partial charge >= 0.3 is 0 Å². The summed E-state index contributed by atoms with van der Waals surface area (Å²) in [7, 11) is 0. The molecule has 0 bridgehead atoms. The monoisotopic (exact) mass is 260 g/mol. The van der Waals surface area contributed by atoms with E-state index in [0.717, 1.165) is 5.69 Å². The summed E-state index contributed by atoms with van der Waals surface area (Å²) in [6, 6.07) is 3.26. The summed E-state index contributed by atoms with van der Waals surface area (Å²) in [4.78, 5) is 0. The van der Waals surface area contributed by atoms with Gasteiger partial charge in [-0.15, -0.1) is 0 Å². The van der Waals surface area contributed by atoms with Crippen LogP contribution < -0.4 is 5.73 Å². The Hall–Kier alpha value is -0.770. The van der Waals surface area contributed by atoms with Crippen molar-refractivity contribution in [1.82, 2.24) is 4.57 Å². The molecule has 2 nitrogen and oxygen atoms in total. The quantitative estimate of drug-likeness (QED) is 0.825. The first-order valence-corrected chi connectivity index (χ1v) is 5.65. The van der Waals surface area contributed by atoms with Crippen molar-refractivity contribution in [3.63, 3.8) is 0 Å². The molecule has 5 heteroatoms.